The molecular weight excluding hydrogens is 426 g/mol. The van der Waals surface area contributed by atoms with Crippen LogP contribution in [0.5, 0.6) is 0 Å². The molecule has 0 bridgehead atoms. The molecule has 156 valence electrons. The van der Waals surface area contributed by atoms with Crippen molar-refractivity contribution >= 4 is 50.8 Å². The summed E-state index contributed by atoms with van der Waals surface area (Å²) in [7, 11) is 0. The van der Waals surface area contributed by atoms with Crippen LogP contribution < -0.4 is 10.6 Å². The van der Waals surface area contributed by atoms with E-state index in [0.717, 1.165) is 31.4 Å². The summed E-state index contributed by atoms with van der Waals surface area (Å²) in [6.45, 7) is 2.51. The molecule has 31 heavy (non-hydrogen) atoms. The van der Waals surface area contributed by atoms with Crippen molar-refractivity contribution in [2.24, 2.45) is 0 Å². The molecule has 4 rings (SSSR count). The summed E-state index contributed by atoms with van der Waals surface area (Å²) >= 11 is 2.93. The molecule has 0 saturated heterocycles. The van der Waals surface area contributed by atoms with E-state index >= 15 is 0 Å². The van der Waals surface area contributed by atoms with E-state index in [1.165, 1.54) is 23.1 Å². The molecule has 4 aromatic rings. The molecule has 1 heterocycles. The molecular formula is C24H21N3O2S2. The van der Waals surface area contributed by atoms with Gasteiger partial charge in [-0.25, -0.2) is 4.98 Å². The largest absolute Gasteiger partial charge is 0.351 e. The predicted octanol–water partition coefficient (Wildman–Crippen LogP) is 5.27. The highest BCUT2D eigenvalue weighted by Gasteiger charge is 2.10. The lowest BCUT2D eigenvalue weighted by Gasteiger charge is -2.05. The van der Waals surface area contributed by atoms with Crippen LogP contribution in [0.1, 0.15) is 21.5 Å². The second-order valence-corrected chi connectivity index (χ2v) is 9.29. The minimum Gasteiger partial charge on any atom is -0.351 e. The van der Waals surface area contributed by atoms with E-state index in [-0.39, 0.29) is 11.8 Å². The molecule has 7 heteroatoms. The Kier molecular flexibility index (Phi) is 6.64. The molecule has 0 spiro atoms. The van der Waals surface area contributed by atoms with Crippen molar-refractivity contribution in [1.82, 2.24) is 10.3 Å². The van der Waals surface area contributed by atoms with Gasteiger partial charge in [0, 0.05) is 17.8 Å². The number of anilines is 1. The molecule has 0 aliphatic rings. The van der Waals surface area contributed by atoms with Gasteiger partial charge in [0.15, 0.2) is 4.34 Å². The summed E-state index contributed by atoms with van der Waals surface area (Å²) in [5.74, 6) is 0.136. The number of carbonyl (C=O) groups excluding carboxylic acids is 2. The molecule has 5 nitrogen and oxygen atoms in total. The summed E-state index contributed by atoms with van der Waals surface area (Å²) in [6, 6.07) is 22.9. The first-order valence-corrected chi connectivity index (χ1v) is 11.6. The fourth-order valence-corrected chi connectivity index (χ4v) is 4.86. The van der Waals surface area contributed by atoms with Crippen LogP contribution in [0.4, 0.5) is 5.69 Å². The molecule has 0 atom stereocenters. The monoisotopic (exact) mass is 447 g/mol. The van der Waals surface area contributed by atoms with E-state index in [2.05, 4.69) is 15.6 Å². The third-order valence-corrected chi connectivity index (χ3v) is 6.76. The Morgan fingerprint density at radius 3 is 2.55 bits per heavy atom. The fraction of sp³-hybridized carbons (Fsp3) is 0.125. The van der Waals surface area contributed by atoms with Gasteiger partial charge < -0.3 is 10.6 Å². The summed E-state index contributed by atoms with van der Waals surface area (Å²) in [4.78, 5) is 29.1. The molecule has 0 aliphatic heterocycles. The van der Waals surface area contributed by atoms with Crippen molar-refractivity contribution in [3.8, 4) is 0 Å². The molecule has 0 unspecified atom stereocenters. The van der Waals surface area contributed by atoms with Crippen LogP contribution in [0, 0.1) is 6.92 Å². The number of hydrogen-bond donors (Lipinski definition) is 2. The Hall–Kier alpha value is -3.16. The normalized spacial score (nSPS) is 10.7. The number of amides is 2. The van der Waals surface area contributed by atoms with Crippen molar-refractivity contribution in [3.05, 3.63) is 89.5 Å². The number of nitrogens with one attached hydrogen (secondary N) is 2. The molecule has 0 fully saturated rings. The average Bonchev–Trinajstić information content (AvgIpc) is 3.19. The van der Waals surface area contributed by atoms with Gasteiger partial charge in [-0.05, 0) is 42.8 Å². The highest BCUT2D eigenvalue weighted by atomic mass is 32.2. The van der Waals surface area contributed by atoms with Crippen molar-refractivity contribution in [1.29, 1.82) is 0 Å². The first-order valence-electron chi connectivity index (χ1n) is 9.79. The zero-order chi connectivity index (χ0) is 21.6. The van der Waals surface area contributed by atoms with Crippen molar-refractivity contribution in [2.75, 3.05) is 11.1 Å². The van der Waals surface area contributed by atoms with Crippen LogP contribution in [-0.4, -0.2) is 22.6 Å². The van der Waals surface area contributed by atoms with Gasteiger partial charge in [-0.3, -0.25) is 9.59 Å². The summed E-state index contributed by atoms with van der Waals surface area (Å²) in [6.07, 6.45) is 0. The third kappa shape index (κ3) is 5.71. The van der Waals surface area contributed by atoms with Crippen LogP contribution in [0.3, 0.4) is 0 Å². The lowest BCUT2D eigenvalue weighted by Crippen LogP contribution is -2.24. The van der Waals surface area contributed by atoms with Gasteiger partial charge in [0.25, 0.3) is 5.91 Å². The topological polar surface area (TPSA) is 71.1 Å². The number of benzene rings is 3. The number of fused-ring (bicyclic) bond motifs is 1. The lowest BCUT2D eigenvalue weighted by molar-refractivity contribution is -0.118. The standard InChI is InChI=1S/C24H21N3O2S2/c1-16-7-9-18(10-8-16)23(29)26-19-11-12-20-21(13-19)31-24(27-20)30-15-22(28)25-14-17-5-3-2-4-6-17/h2-13H,14-15H2,1H3,(H,25,28)(H,26,29). The Bertz CT molecular complexity index is 1200. The number of thioether (sulfide) groups is 1. The molecule has 0 aliphatic carbocycles. The molecule has 2 N–H and O–H groups in total. The summed E-state index contributed by atoms with van der Waals surface area (Å²) in [5, 5.41) is 5.85. The van der Waals surface area contributed by atoms with E-state index in [0.29, 0.717) is 17.9 Å². The smallest absolute Gasteiger partial charge is 0.255 e. The van der Waals surface area contributed by atoms with Gasteiger partial charge in [0.1, 0.15) is 0 Å². The zero-order valence-corrected chi connectivity index (χ0v) is 18.6. The molecule has 2 amide bonds. The second-order valence-electron chi connectivity index (χ2n) is 7.03. The number of carbonyl (C=O) groups is 2. The minimum atomic E-state index is -0.145. The molecule has 1 aromatic heterocycles. The van der Waals surface area contributed by atoms with E-state index in [4.69, 9.17) is 0 Å². The highest BCUT2D eigenvalue weighted by molar-refractivity contribution is 8.01. The SMILES string of the molecule is Cc1ccc(C(=O)Nc2ccc3nc(SCC(=O)NCc4ccccc4)sc3c2)cc1. The van der Waals surface area contributed by atoms with Crippen LogP contribution in [0.15, 0.2) is 77.1 Å². The van der Waals surface area contributed by atoms with Crippen molar-refractivity contribution in [2.45, 2.75) is 17.8 Å². The maximum absolute atomic E-state index is 12.4. The first kappa shape index (κ1) is 21.1. The van der Waals surface area contributed by atoms with E-state index < -0.39 is 0 Å². The predicted molar refractivity (Wildman–Crippen MR) is 128 cm³/mol. The Morgan fingerprint density at radius 2 is 1.77 bits per heavy atom. The number of nitrogens with zero attached hydrogens (tertiary/aromatic N) is 1. The highest BCUT2D eigenvalue weighted by Crippen LogP contribution is 2.31. The van der Waals surface area contributed by atoms with Gasteiger partial charge in [-0.1, -0.05) is 59.8 Å². The lowest BCUT2D eigenvalue weighted by atomic mass is 10.1. The van der Waals surface area contributed by atoms with Crippen LogP contribution in [0.2, 0.25) is 0 Å². The van der Waals surface area contributed by atoms with Gasteiger partial charge >= 0.3 is 0 Å². The van der Waals surface area contributed by atoms with E-state index in [1.54, 1.807) is 0 Å². The Balaban J connectivity index is 1.34. The third-order valence-electron chi connectivity index (χ3n) is 4.60. The van der Waals surface area contributed by atoms with Gasteiger partial charge in [0.05, 0.1) is 16.0 Å². The average molecular weight is 448 g/mol. The summed E-state index contributed by atoms with van der Waals surface area (Å²) in [5.41, 5.74) is 4.37. The number of rotatable bonds is 7. The molecule has 3 aromatic carbocycles. The van der Waals surface area contributed by atoms with Gasteiger partial charge in [-0.15, -0.1) is 11.3 Å². The van der Waals surface area contributed by atoms with Crippen molar-refractivity contribution < 1.29 is 9.59 Å². The number of aryl methyl sites for hydroxylation is 1. The maximum Gasteiger partial charge on any atom is 0.255 e. The molecule has 0 radical (unpaired) electrons. The van der Waals surface area contributed by atoms with Crippen LogP contribution in [0.25, 0.3) is 10.2 Å². The number of thiazole rings is 1. The van der Waals surface area contributed by atoms with Crippen LogP contribution >= 0.6 is 23.1 Å². The number of aromatic nitrogens is 1. The summed E-state index contributed by atoms with van der Waals surface area (Å²) < 4.78 is 1.79. The quantitative estimate of drug-likeness (QED) is 0.379. The van der Waals surface area contributed by atoms with E-state index in [1.807, 2.05) is 79.7 Å². The molecule has 0 saturated carbocycles. The zero-order valence-electron chi connectivity index (χ0n) is 16.9. The van der Waals surface area contributed by atoms with Crippen LogP contribution in [-0.2, 0) is 11.3 Å². The maximum atomic E-state index is 12.4. The Morgan fingerprint density at radius 1 is 1.00 bits per heavy atom. The number of hydrogen-bond acceptors (Lipinski definition) is 5. The minimum absolute atomic E-state index is 0.0286. The fourth-order valence-electron chi connectivity index (χ4n) is 2.93. The van der Waals surface area contributed by atoms with Gasteiger partial charge in [-0.2, -0.15) is 0 Å². The van der Waals surface area contributed by atoms with E-state index in [9.17, 15) is 9.59 Å². The van der Waals surface area contributed by atoms with Crippen molar-refractivity contribution in [3.63, 3.8) is 0 Å². The second kappa shape index (κ2) is 9.76. The first-order chi connectivity index (χ1) is 15.1. The Labute approximate surface area is 188 Å². The van der Waals surface area contributed by atoms with Gasteiger partial charge in [0.2, 0.25) is 5.91 Å².